The van der Waals surface area contributed by atoms with Gasteiger partial charge in [-0.05, 0) is 25.0 Å². The number of carboxylic acids is 2. The molecule has 0 aliphatic rings. The van der Waals surface area contributed by atoms with E-state index in [0.29, 0.717) is 0 Å². The number of benzene rings is 1. The molecule has 1 rings (SSSR count). The summed E-state index contributed by atoms with van der Waals surface area (Å²) in [6.45, 7) is 4.07. The highest BCUT2D eigenvalue weighted by Crippen LogP contribution is 2.31. The van der Waals surface area contributed by atoms with Crippen LogP contribution in [0.15, 0.2) is 24.3 Å². The molecule has 0 amide bonds. The van der Waals surface area contributed by atoms with Crippen LogP contribution in [0.3, 0.4) is 0 Å². The summed E-state index contributed by atoms with van der Waals surface area (Å²) >= 11 is 33.8. The fourth-order valence-corrected chi connectivity index (χ4v) is 4.08. The number of hydrogen-bond acceptors (Lipinski definition) is 4. The number of carbonyl (C=O) groups is 2. The quantitative estimate of drug-likeness (QED) is 0.142. The van der Waals surface area contributed by atoms with Gasteiger partial charge >= 0.3 is 11.9 Å². The van der Waals surface area contributed by atoms with Gasteiger partial charge in [0.15, 0.2) is 11.5 Å². The third-order valence-electron chi connectivity index (χ3n) is 4.21. The number of para-hydroxylation sites is 2. The highest BCUT2D eigenvalue weighted by Gasteiger charge is 2.36. The Balaban J connectivity index is 0. The largest absolute Gasteiger partial charge is 0.504 e. The second-order valence-corrected chi connectivity index (χ2v) is 11.6. The molecular formula is C22H32Cl6O6. The maximum Gasteiger partial charge on any atom is 0.340 e. The summed E-state index contributed by atoms with van der Waals surface area (Å²) in [7, 11) is 0. The van der Waals surface area contributed by atoms with Crippen molar-refractivity contribution in [1.82, 2.24) is 0 Å². The van der Waals surface area contributed by atoms with E-state index in [1.54, 1.807) is 12.1 Å². The van der Waals surface area contributed by atoms with Crippen LogP contribution >= 0.6 is 69.6 Å². The molecule has 1 aromatic rings. The Labute approximate surface area is 231 Å². The van der Waals surface area contributed by atoms with Gasteiger partial charge in [0.05, 0.1) is 0 Å². The molecule has 0 aromatic heterocycles. The number of hydrogen-bond donors (Lipinski definition) is 4. The highest BCUT2D eigenvalue weighted by molar-refractivity contribution is 6.58. The van der Waals surface area contributed by atoms with E-state index in [1.807, 2.05) is 13.8 Å². The van der Waals surface area contributed by atoms with Gasteiger partial charge in [0, 0.05) is 23.6 Å². The van der Waals surface area contributed by atoms with E-state index < -0.39 is 20.6 Å². The molecule has 0 fully saturated rings. The third-order valence-corrected chi connectivity index (χ3v) is 6.21. The van der Waals surface area contributed by atoms with Gasteiger partial charge in [-0.2, -0.15) is 0 Å². The molecule has 198 valence electrons. The molecule has 0 heterocycles. The van der Waals surface area contributed by atoms with Gasteiger partial charge in [0.25, 0.3) is 0 Å². The van der Waals surface area contributed by atoms with Gasteiger partial charge in [-0.25, -0.2) is 9.59 Å². The molecular weight excluding hydrogens is 573 g/mol. The van der Waals surface area contributed by atoms with Crippen LogP contribution in [0.1, 0.15) is 65.2 Å². The molecule has 0 bridgehead atoms. The Morgan fingerprint density at radius 1 is 0.765 bits per heavy atom. The standard InChI is InChI=1S/2C8H13Cl3O2.C6H6O2/c2*1-2-3-4-6(9)5-8(10,11)7(12)13;7-5-3-1-2-4-6(5)8/h2*6H,2-5H2,1H3,(H,12,13);1-4,7-8H. The smallest absolute Gasteiger partial charge is 0.340 e. The Morgan fingerprint density at radius 2 is 1.06 bits per heavy atom. The molecule has 0 aliphatic heterocycles. The van der Waals surface area contributed by atoms with Crippen molar-refractivity contribution < 1.29 is 30.0 Å². The van der Waals surface area contributed by atoms with Crippen LogP contribution in [0.5, 0.6) is 11.5 Å². The maximum atomic E-state index is 10.5. The third kappa shape index (κ3) is 17.9. The van der Waals surface area contributed by atoms with Crippen LogP contribution in [0.2, 0.25) is 0 Å². The molecule has 0 saturated heterocycles. The van der Waals surface area contributed by atoms with Gasteiger partial charge < -0.3 is 20.4 Å². The Bertz CT molecular complexity index is 658. The lowest BCUT2D eigenvalue weighted by Gasteiger charge is -2.17. The van der Waals surface area contributed by atoms with Crippen LogP contribution in [0.4, 0.5) is 0 Å². The normalized spacial score (nSPS) is 12.9. The van der Waals surface area contributed by atoms with Crippen LogP contribution in [0.25, 0.3) is 0 Å². The topological polar surface area (TPSA) is 115 Å². The van der Waals surface area contributed by atoms with Gasteiger partial charge in [-0.15, -0.1) is 23.2 Å². The van der Waals surface area contributed by atoms with E-state index in [2.05, 4.69) is 0 Å². The predicted octanol–water partition coefficient (Wildman–Crippen LogP) is 7.96. The fraction of sp³-hybridized carbons (Fsp3) is 0.636. The lowest BCUT2D eigenvalue weighted by molar-refractivity contribution is -0.138. The minimum absolute atomic E-state index is 0.0764. The minimum Gasteiger partial charge on any atom is -0.504 e. The maximum absolute atomic E-state index is 10.5. The summed E-state index contributed by atoms with van der Waals surface area (Å²) < 4.78 is -3.50. The van der Waals surface area contributed by atoms with Crippen LogP contribution in [0, 0.1) is 0 Å². The zero-order chi connectivity index (χ0) is 26.9. The van der Waals surface area contributed by atoms with Crippen molar-refractivity contribution >= 4 is 81.5 Å². The fourth-order valence-electron chi connectivity index (χ4n) is 2.25. The van der Waals surface area contributed by atoms with E-state index in [4.69, 9.17) is 90.0 Å². The van der Waals surface area contributed by atoms with E-state index in [-0.39, 0.29) is 35.1 Å². The molecule has 0 aliphatic carbocycles. The molecule has 12 heteroatoms. The first-order valence-electron chi connectivity index (χ1n) is 10.6. The van der Waals surface area contributed by atoms with E-state index in [1.165, 1.54) is 12.1 Å². The van der Waals surface area contributed by atoms with Crippen molar-refractivity contribution in [2.24, 2.45) is 0 Å². The Morgan fingerprint density at radius 3 is 1.26 bits per heavy atom. The van der Waals surface area contributed by atoms with Gasteiger partial charge in [0.2, 0.25) is 8.67 Å². The summed E-state index contributed by atoms with van der Waals surface area (Å²) in [5, 5.41) is 34.0. The van der Waals surface area contributed by atoms with Crippen molar-refractivity contribution in [1.29, 1.82) is 0 Å². The van der Waals surface area contributed by atoms with Crippen LogP contribution in [-0.4, -0.2) is 51.8 Å². The number of aromatic hydroxyl groups is 2. The number of phenols is 2. The first kappa shape index (κ1) is 35.7. The SMILES string of the molecule is CCCCC(Cl)CC(Cl)(Cl)C(=O)O.CCCCC(Cl)CC(Cl)(Cl)C(=O)O.Oc1ccccc1O. The molecule has 34 heavy (non-hydrogen) atoms. The molecule has 2 atom stereocenters. The first-order valence-corrected chi connectivity index (χ1v) is 13.0. The summed E-state index contributed by atoms with van der Waals surface area (Å²) in [6, 6.07) is 6.15. The van der Waals surface area contributed by atoms with E-state index in [0.717, 1.165) is 38.5 Å². The highest BCUT2D eigenvalue weighted by atomic mass is 35.5. The molecule has 1 aromatic carbocycles. The molecule has 0 radical (unpaired) electrons. The predicted molar refractivity (Wildman–Crippen MR) is 141 cm³/mol. The van der Waals surface area contributed by atoms with Gasteiger partial charge in [-0.1, -0.05) is 98.1 Å². The summed E-state index contributed by atoms with van der Waals surface area (Å²) in [4.78, 5) is 21.0. The molecule has 0 spiro atoms. The number of unbranched alkanes of at least 4 members (excludes halogenated alkanes) is 2. The minimum atomic E-state index is -1.75. The average molecular weight is 605 g/mol. The van der Waals surface area contributed by atoms with Crippen molar-refractivity contribution in [3.05, 3.63) is 24.3 Å². The molecule has 2 unspecified atom stereocenters. The van der Waals surface area contributed by atoms with Crippen LogP contribution < -0.4 is 0 Å². The molecule has 0 saturated carbocycles. The van der Waals surface area contributed by atoms with Gasteiger partial charge in [-0.3, -0.25) is 0 Å². The van der Waals surface area contributed by atoms with Crippen molar-refractivity contribution in [3.63, 3.8) is 0 Å². The van der Waals surface area contributed by atoms with E-state index >= 15 is 0 Å². The van der Waals surface area contributed by atoms with Crippen molar-refractivity contribution in [2.75, 3.05) is 0 Å². The number of phenolic OH excluding ortho intramolecular Hbond substituents is 2. The number of carboxylic acid groups (broad SMARTS) is 2. The first-order chi connectivity index (χ1) is 15.6. The monoisotopic (exact) mass is 602 g/mol. The zero-order valence-corrected chi connectivity index (χ0v) is 23.5. The second kappa shape index (κ2) is 18.7. The van der Waals surface area contributed by atoms with Crippen molar-refractivity contribution in [3.8, 4) is 11.5 Å². The Kier molecular flexibility index (Phi) is 19.6. The second-order valence-electron chi connectivity index (χ2n) is 7.40. The summed E-state index contributed by atoms with van der Waals surface area (Å²) in [5.41, 5.74) is 0. The summed E-state index contributed by atoms with van der Waals surface area (Å²) in [6.07, 6.45) is 5.59. The lowest BCUT2D eigenvalue weighted by atomic mass is 10.1. The van der Waals surface area contributed by atoms with E-state index in [9.17, 15) is 9.59 Å². The molecule has 4 N–H and O–H groups in total. The molecule has 6 nitrogen and oxygen atoms in total. The number of alkyl halides is 6. The Hall–Kier alpha value is -0.500. The number of rotatable bonds is 12. The lowest BCUT2D eigenvalue weighted by Crippen LogP contribution is -2.28. The summed E-state index contributed by atoms with van der Waals surface area (Å²) in [5.74, 6) is -2.63. The average Bonchev–Trinajstić information content (AvgIpc) is 2.73. The van der Waals surface area contributed by atoms with Crippen LogP contribution in [-0.2, 0) is 9.59 Å². The van der Waals surface area contributed by atoms with Gasteiger partial charge in [0.1, 0.15) is 0 Å². The number of aliphatic carboxylic acids is 2. The number of halogens is 6. The zero-order valence-electron chi connectivity index (χ0n) is 19.0. The van der Waals surface area contributed by atoms with Crippen molar-refractivity contribution in [2.45, 2.75) is 84.6 Å².